The molecule has 24 heavy (non-hydrogen) atoms. The summed E-state index contributed by atoms with van der Waals surface area (Å²) in [5, 5.41) is 3.71. The Morgan fingerprint density at radius 3 is 2.58 bits per heavy atom. The molecule has 0 aliphatic carbocycles. The van der Waals surface area contributed by atoms with Gasteiger partial charge in [0.25, 0.3) is 0 Å². The second kappa shape index (κ2) is 7.18. The van der Waals surface area contributed by atoms with Crippen molar-refractivity contribution in [3.05, 3.63) is 52.4 Å². The summed E-state index contributed by atoms with van der Waals surface area (Å²) in [5.41, 5.74) is 2.13. The quantitative estimate of drug-likeness (QED) is 0.923. The fraction of sp³-hybridized carbons (Fsp3) is 0.389. The molecule has 128 valence electrons. The number of hydrogen-bond donors (Lipinski definition) is 1. The molecule has 0 atom stereocenters. The van der Waals surface area contributed by atoms with Crippen LogP contribution in [0.1, 0.15) is 17.1 Å². The van der Waals surface area contributed by atoms with Crippen LogP contribution in [0.5, 0.6) is 0 Å². The summed E-state index contributed by atoms with van der Waals surface area (Å²) < 4.78 is 5.48. The number of amides is 2. The zero-order valence-electron chi connectivity index (χ0n) is 14.0. The van der Waals surface area contributed by atoms with Crippen LogP contribution >= 0.6 is 11.6 Å². The fourth-order valence-electron chi connectivity index (χ4n) is 2.98. The van der Waals surface area contributed by atoms with Gasteiger partial charge < -0.3 is 19.5 Å². The second-order valence-electron chi connectivity index (χ2n) is 6.05. The predicted molar refractivity (Wildman–Crippen MR) is 95.7 cm³/mol. The van der Waals surface area contributed by atoms with Crippen LogP contribution in [0.4, 0.5) is 10.5 Å². The number of nitrogens with zero attached hydrogens (tertiary/aromatic N) is 2. The number of furan rings is 1. The minimum atomic E-state index is -0.0287. The molecule has 0 unspecified atom stereocenters. The smallest absolute Gasteiger partial charge is 0.317 e. The van der Waals surface area contributed by atoms with Crippen molar-refractivity contribution in [1.29, 1.82) is 0 Å². The normalized spacial score (nSPS) is 14.8. The SMILES string of the molecule is Cc1cc(CNC(=O)N2CCN(c3cccc(Cl)c3)CC2)c(C)o1. The number of nitrogens with one attached hydrogen (secondary N) is 1. The summed E-state index contributed by atoms with van der Waals surface area (Å²) in [4.78, 5) is 16.4. The van der Waals surface area contributed by atoms with Crippen molar-refractivity contribution in [2.75, 3.05) is 31.1 Å². The van der Waals surface area contributed by atoms with E-state index in [2.05, 4.69) is 10.2 Å². The van der Waals surface area contributed by atoms with E-state index in [0.29, 0.717) is 19.6 Å². The van der Waals surface area contributed by atoms with Crippen LogP contribution < -0.4 is 10.2 Å². The number of carbonyl (C=O) groups excluding carboxylic acids is 1. The number of carbonyl (C=O) groups is 1. The number of aryl methyl sites for hydroxylation is 2. The van der Waals surface area contributed by atoms with Crippen molar-refractivity contribution in [3.63, 3.8) is 0 Å². The summed E-state index contributed by atoms with van der Waals surface area (Å²) in [6.45, 7) is 7.32. The number of piperazine rings is 1. The third-order valence-electron chi connectivity index (χ3n) is 4.31. The van der Waals surface area contributed by atoms with Crippen molar-refractivity contribution in [1.82, 2.24) is 10.2 Å². The van der Waals surface area contributed by atoms with E-state index in [1.807, 2.05) is 49.1 Å². The first-order chi connectivity index (χ1) is 11.5. The zero-order chi connectivity index (χ0) is 17.1. The Labute approximate surface area is 147 Å². The molecule has 0 spiro atoms. The molecule has 1 aliphatic rings. The van der Waals surface area contributed by atoms with Gasteiger partial charge in [0.2, 0.25) is 0 Å². The highest BCUT2D eigenvalue weighted by atomic mass is 35.5. The lowest BCUT2D eigenvalue weighted by molar-refractivity contribution is 0.194. The van der Waals surface area contributed by atoms with E-state index in [0.717, 1.165) is 40.9 Å². The second-order valence-corrected chi connectivity index (χ2v) is 6.49. The van der Waals surface area contributed by atoms with Gasteiger partial charge in [0.15, 0.2) is 0 Å². The number of hydrogen-bond acceptors (Lipinski definition) is 3. The number of rotatable bonds is 3. The van der Waals surface area contributed by atoms with Gasteiger partial charge in [-0.15, -0.1) is 0 Å². The van der Waals surface area contributed by atoms with E-state index in [1.54, 1.807) is 0 Å². The van der Waals surface area contributed by atoms with Gasteiger partial charge in [-0.3, -0.25) is 0 Å². The maximum Gasteiger partial charge on any atom is 0.317 e. The first-order valence-corrected chi connectivity index (χ1v) is 8.50. The van der Waals surface area contributed by atoms with E-state index < -0.39 is 0 Å². The molecule has 0 radical (unpaired) electrons. The molecule has 0 bridgehead atoms. The average molecular weight is 348 g/mol. The standard InChI is InChI=1S/C18H22ClN3O2/c1-13-10-15(14(2)24-13)12-20-18(23)22-8-6-21(7-9-22)17-5-3-4-16(19)11-17/h3-5,10-11H,6-9,12H2,1-2H3,(H,20,23). The van der Waals surface area contributed by atoms with Crippen LogP contribution in [0.2, 0.25) is 5.02 Å². The molecular formula is C18H22ClN3O2. The van der Waals surface area contributed by atoms with Crippen molar-refractivity contribution in [2.24, 2.45) is 0 Å². The van der Waals surface area contributed by atoms with E-state index >= 15 is 0 Å². The van der Waals surface area contributed by atoms with Crippen molar-refractivity contribution in [3.8, 4) is 0 Å². The maximum atomic E-state index is 12.3. The molecule has 1 aliphatic heterocycles. The Morgan fingerprint density at radius 2 is 1.96 bits per heavy atom. The summed E-state index contributed by atoms with van der Waals surface area (Å²) in [6.07, 6.45) is 0. The minimum Gasteiger partial charge on any atom is -0.466 e. The van der Waals surface area contributed by atoms with Gasteiger partial charge in [-0.2, -0.15) is 0 Å². The van der Waals surface area contributed by atoms with Gasteiger partial charge in [-0.1, -0.05) is 17.7 Å². The van der Waals surface area contributed by atoms with Gasteiger partial charge in [0.1, 0.15) is 11.5 Å². The number of benzene rings is 1. The molecule has 2 aromatic rings. The molecule has 5 nitrogen and oxygen atoms in total. The van der Waals surface area contributed by atoms with Gasteiger partial charge in [-0.25, -0.2) is 4.79 Å². The molecule has 6 heteroatoms. The zero-order valence-corrected chi connectivity index (χ0v) is 14.8. The largest absolute Gasteiger partial charge is 0.466 e. The van der Waals surface area contributed by atoms with Crippen LogP contribution in [0, 0.1) is 13.8 Å². The van der Waals surface area contributed by atoms with Crippen molar-refractivity contribution >= 4 is 23.3 Å². The molecule has 2 amide bonds. The van der Waals surface area contributed by atoms with Crippen LogP contribution in [0.25, 0.3) is 0 Å². The monoisotopic (exact) mass is 347 g/mol. The van der Waals surface area contributed by atoms with E-state index in [1.165, 1.54) is 0 Å². The van der Waals surface area contributed by atoms with E-state index in [-0.39, 0.29) is 6.03 Å². The molecule has 1 saturated heterocycles. The summed E-state index contributed by atoms with van der Waals surface area (Å²) in [6, 6.07) is 9.76. The van der Waals surface area contributed by atoms with Crippen molar-refractivity contribution < 1.29 is 9.21 Å². The van der Waals surface area contributed by atoms with Crippen LogP contribution in [0.15, 0.2) is 34.7 Å². The minimum absolute atomic E-state index is 0.0287. The summed E-state index contributed by atoms with van der Waals surface area (Å²) in [5.74, 6) is 1.73. The first kappa shape index (κ1) is 16.7. The predicted octanol–water partition coefficient (Wildman–Crippen LogP) is 3.58. The van der Waals surface area contributed by atoms with Crippen molar-refractivity contribution in [2.45, 2.75) is 20.4 Å². The number of urea groups is 1. The lowest BCUT2D eigenvalue weighted by atomic mass is 10.2. The highest BCUT2D eigenvalue weighted by Crippen LogP contribution is 2.21. The van der Waals surface area contributed by atoms with Crippen LogP contribution in [-0.2, 0) is 6.54 Å². The Hall–Kier alpha value is -2.14. The molecule has 1 fully saturated rings. The average Bonchev–Trinajstić information content (AvgIpc) is 2.90. The molecule has 1 aromatic heterocycles. The Kier molecular flexibility index (Phi) is 5.00. The van der Waals surface area contributed by atoms with E-state index in [4.69, 9.17) is 16.0 Å². The van der Waals surface area contributed by atoms with Gasteiger partial charge in [0, 0.05) is 49.0 Å². The van der Waals surface area contributed by atoms with Gasteiger partial charge >= 0.3 is 6.03 Å². The Morgan fingerprint density at radius 1 is 1.21 bits per heavy atom. The van der Waals surface area contributed by atoms with Crippen LogP contribution in [-0.4, -0.2) is 37.1 Å². The van der Waals surface area contributed by atoms with Gasteiger partial charge in [-0.05, 0) is 38.1 Å². The maximum absolute atomic E-state index is 12.3. The Bertz CT molecular complexity index is 721. The van der Waals surface area contributed by atoms with Gasteiger partial charge in [0.05, 0.1) is 0 Å². The van der Waals surface area contributed by atoms with E-state index in [9.17, 15) is 4.79 Å². The number of anilines is 1. The third kappa shape index (κ3) is 3.85. The molecule has 0 saturated carbocycles. The molecule has 2 heterocycles. The molecule has 1 N–H and O–H groups in total. The summed E-state index contributed by atoms with van der Waals surface area (Å²) >= 11 is 6.05. The molecule has 1 aromatic carbocycles. The third-order valence-corrected chi connectivity index (χ3v) is 4.55. The molecular weight excluding hydrogens is 326 g/mol. The van der Waals surface area contributed by atoms with Crippen LogP contribution in [0.3, 0.4) is 0 Å². The highest BCUT2D eigenvalue weighted by Gasteiger charge is 2.21. The summed E-state index contributed by atoms with van der Waals surface area (Å²) in [7, 11) is 0. The first-order valence-electron chi connectivity index (χ1n) is 8.12. The highest BCUT2D eigenvalue weighted by molar-refractivity contribution is 6.30. The fourth-order valence-corrected chi connectivity index (χ4v) is 3.17. The lowest BCUT2D eigenvalue weighted by Crippen LogP contribution is -2.51. The lowest BCUT2D eigenvalue weighted by Gasteiger charge is -2.36. The number of halogens is 1. The topological polar surface area (TPSA) is 48.7 Å². The Balaban J connectivity index is 1.51. The molecule has 3 rings (SSSR count).